The average Bonchev–Trinajstić information content (AvgIpc) is 2.53. The van der Waals surface area contributed by atoms with Crippen LogP contribution in [-0.2, 0) is 11.2 Å². The Labute approximate surface area is 94.1 Å². The van der Waals surface area contributed by atoms with Crippen LogP contribution in [0.4, 0.5) is 5.69 Å². The van der Waals surface area contributed by atoms with Gasteiger partial charge in [0.05, 0.1) is 12.5 Å². The van der Waals surface area contributed by atoms with Crippen LogP contribution in [0.15, 0.2) is 18.2 Å². The minimum Gasteiger partial charge on any atom is -0.390 e. The predicted octanol–water partition coefficient (Wildman–Crippen LogP) is 0.620. The first-order chi connectivity index (χ1) is 7.50. The van der Waals surface area contributed by atoms with Crippen LogP contribution in [0.3, 0.4) is 0 Å². The third-order valence-corrected chi connectivity index (χ3v) is 2.98. The number of anilines is 1. The maximum Gasteiger partial charge on any atom is 0.231 e. The van der Waals surface area contributed by atoms with E-state index in [1.807, 2.05) is 0 Å². The quantitative estimate of drug-likeness (QED) is 0.769. The summed E-state index contributed by atoms with van der Waals surface area (Å²) in [5.41, 5.74) is 2.44. The van der Waals surface area contributed by atoms with Crippen molar-refractivity contribution in [2.24, 2.45) is 0 Å². The molecule has 1 aliphatic rings. The van der Waals surface area contributed by atoms with Crippen molar-refractivity contribution < 1.29 is 15.0 Å². The topological polar surface area (TPSA) is 60.8 Å². The summed E-state index contributed by atoms with van der Waals surface area (Å²) in [6.07, 6.45) is -1.34. The summed E-state index contributed by atoms with van der Waals surface area (Å²) >= 11 is 0. The Balaban J connectivity index is 2.35. The van der Waals surface area contributed by atoms with Crippen LogP contribution in [0.5, 0.6) is 0 Å². The number of amides is 1. The van der Waals surface area contributed by atoms with Gasteiger partial charge in [-0.05, 0) is 24.1 Å². The van der Waals surface area contributed by atoms with Crippen molar-refractivity contribution in [3.63, 3.8) is 0 Å². The number of carbonyl (C=O) groups is 1. The number of benzene rings is 1. The molecule has 1 aromatic rings. The molecule has 0 aromatic heterocycles. The summed E-state index contributed by atoms with van der Waals surface area (Å²) in [5, 5.41) is 19.0. The molecule has 2 N–H and O–H groups in total. The molecule has 0 fully saturated rings. The molecule has 0 radical (unpaired) electrons. The molecule has 16 heavy (non-hydrogen) atoms. The van der Waals surface area contributed by atoms with Gasteiger partial charge in [-0.1, -0.05) is 12.1 Å². The zero-order valence-electron chi connectivity index (χ0n) is 9.34. The van der Waals surface area contributed by atoms with Crippen LogP contribution in [0, 0.1) is 0 Å². The molecule has 86 valence electrons. The first-order valence-electron chi connectivity index (χ1n) is 5.26. The first kappa shape index (κ1) is 11.1. The molecule has 0 spiro atoms. The van der Waals surface area contributed by atoms with E-state index in [0.717, 1.165) is 11.3 Å². The van der Waals surface area contributed by atoms with Gasteiger partial charge in [-0.15, -0.1) is 0 Å². The van der Waals surface area contributed by atoms with Crippen molar-refractivity contribution >= 4 is 11.6 Å². The van der Waals surface area contributed by atoms with Crippen molar-refractivity contribution in [3.05, 3.63) is 29.3 Å². The summed E-state index contributed by atoms with van der Waals surface area (Å²) in [7, 11) is 1.74. The molecule has 0 saturated carbocycles. The smallest absolute Gasteiger partial charge is 0.231 e. The minimum atomic E-state index is -0.897. The molecular formula is C12H15NO3. The van der Waals surface area contributed by atoms with E-state index >= 15 is 0 Å². The lowest BCUT2D eigenvalue weighted by Gasteiger charge is -2.16. The van der Waals surface area contributed by atoms with Crippen molar-refractivity contribution in [1.29, 1.82) is 0 Å². The van der Waals surface area contributed by atoms with Gasteiger partial charge in [0.25, 0.3) is 0 Å². The number of aliphatic hydroxyl groups is 2. The standard InChI is InChI=1S/C12H15NO3/c1-7(14)12(16)8-3-4-10-9(5-8)6-11(15)13(10)2/h3-5,7,12,14,16H,6H2,1-2H3. The second-order valence-corrected chi connectivity index (χ2v) is 4.20. The van der Waals surface area contributed by atoms with Gasteiger partial charge >= 0.3 is 0 Å². The van der Waals surface area contributed by atoms with Gasteiger partial charge in [0.2, 0.25) is 5.91 Å². The fourth-order valence-corrected chi connectivity index (χ4v) is 1.95. The Bertz CT molecular complexity index is 428. The molecule has 0 bridgehead atoms. The summed E-state index contributed by atoms with van der Waals surface area (Å²) in [6, 6.07) is 5.33. The van der Waals surface area contributed by atoms with Crippen molar-refractivity contribution in [3.8, 4) is 0 Å². The molecule has 1 heterocycles. The highest BCUT2D eigenvalue weighted by molar-refractivity contribution is 6.00. The highest BCUT2D eigenvalue weighted by Crippen LogP contribution is 2.30. The van der Waals surface area contributed by atoms with Crippen LogP contribution in [0.2, 0.25) is 0 Å². The number of nitrogens with zero attached hydrogens (tertiary/aromatic N) is 1. The fraction of sp³-hybridized carbons (Fsp3) is 0.417. The molecule has 0 aliphatic carbocycles. The molecule has 2 unspecified atom stereocenters. The van der Waals surface area contributed by atoms with Crippen LogP contribution in [0.25, 0.3) is 0 Å². The van der Waals surface area contributed by atoms with Gasteiger partial charge in [0, 0.05) is 12.7 Å². The van der Waals surface area contributed by atoms with E-state index in [1.54, 1.807) is 30.1 Å². The largest absolute Gasteiger partial charge is 0.390 e. The summed E-state index contributed by atoms with van der Waals surface area (Å²) in [5.74, 6) is 0.0543. The van der Waals surface area contributed by atoms with Gasteiger partial charge in [-0.3, -0.25) is 4.79 Å². The van der Waals surface area contributed by atoms with E-state index in [2.05, 4.69) is 0 Å². The van der Waals surface area contributed by atoms with Gasteiger partial charge in [-0.25, -0.2) is 0 Å². The van der Waals surface area contributed by atoms with E-state index in [4.69, 9.17) is 0 Å². The number of hydrogen-bond donors (Lipinski definition) is 2. The van der Waals surface area contributed by atoms with Crippen LogP contribution in [0.1, 0.15) is 24.2 Å². The number of aliphatic hydroxyl groups excluding tert-OH is 2. The molecule has 1 amide bonds. The molecule has 0 saturated heterocycles. The maximum atomic E-state index is 11.5. The number of hydrogen-bond acceptors (Lipinski definition) is 3. The van der Waals surface area contributed by atoms with E-state index < -0.39 is 12.2 Å². The first-order valence-corrected chi connectivity index (χ1v) is 5.26. The van der Waals surface area contributed by atoms with Gasteiger partial charge in [0.15, 0.2) is 0 Å². The molecule has 1 aliphatic heterocycles. The molecule has 4 heteroatoms. The normalized spacial score (nSPS) is 18.5. The summed E-state index contributed by atoms with van der Waals surface area (Å²) < 4.78 is 0. The van der Waals surface area contributed by atoms with Gasteiger partial charge in [0.1, 0.15) is 6.10 Å². The summed E-state index contributed by atoms with van der Waals surface area (Å²) in [6.45, 7) is 1.54. The number of likely N-dealkylation sites (N-methyl/N-ethyl adjacent to an activating group) is 1. The number of carbonyl (C=O) groups excluding carboxylic acids is 1. The Morgan fingerprint density at radius 1 is 1.38 bits per heavy atom. The average molecular weight is 221 g/mol. The lowest BCUT2D eigenvalue weighted by atomic mass is 10.0. The van der Waals surface area contributed by atoms with E-state index in [1.165, 1.54) is 6.92 Å². The van der Waals surface area contributed by atoms with Crippen molar-refractivity contribution in [2.75, 3.05) is 11.9 Å². The lowest BCUT2D eigenvalue weighted by molar-refractivity contribution is -0.117. The molecular weight excluding hydrogens is 206 g/mol. The zero-order valence-corrected chi connectivity index (χ0v) is 9.34. The fourth-order valence-electron chi connectivity index (χ4n) is 1.95. The second kappa shape index (κ2) is 3.88. The Kier molecular flexibility index (Phi) is 2.69. The third-order valence-electron chi connectivity index (χ3n) is 2.98. The number of fused-ring (bicyclic) bond motifs is 1. The predicted molar refractivity (Wildman–Crippen MR) is 60.2 cm³/mol. The zero-order chi connectivity index (χ0) is 11.9. The van der Waals surface area contributed by atoms with E-state index in [0.29, 0.717) is 12.0 Å². The molecule has 2 atom stereocenters. The Morgan fingerprint density at radius 2 is 2.06 bits per heavy atom. The van der Waals surface area contributed by atoms with Crippen LogP contribution < -0.4 is 4.90 Å². The Morgan fingerprint density at radius 3 is 2.69 bits per heavy atom. The SMILES string of the molecule is CC(O)C(O)c1ccc2c(c1)CC(=O)N2C. The molecule has 2 rings (SSSR count). The molecule has 1 aromatic carbocycles. The minimum absolute atomic E-state index is 0.0543. The van der Waals surface area contributed by atoms with Gasteiger partial charge < -0.3 is 15.1 Å². The van der Waals surface area contributed by atoms with Gasteiger partial charge in [-0.2, -0.15) is 0 Å². The Hall–Kier alpha value is -1.39. The van der Waals surface area contributed by atoms with Crippen molar-refractivity contribution in [2.45, 2.75) is 25.6 Å². The monoisotopic (exact) mass is 221 g/mol. The van der Waals surface area contributed by atoms with E-state index in [-0.39, 0.29) is 5.91 Å². The third kappa shape index (κ3) is 1.70. The van der Waals surface area contributed by atoms with Crippen LogP contribution in [-0.4, -0.2) is 29.3 Å². The van der Waals surface area contributed by atoms with Crippen LogP contribution >= 0.6 is 0 Å². The van der Waals surface area contributed by atoms with Crippen molar-refractivity contribution in [1.82, 2.24) is 0 Å². The lowest BCUT2D eigenvalue weighted by Crippen LogP contribution is -2.20. The summed E-state index contributed by atoms with van der Waals surface area (Å²) in [4.78, 5) is 13.1. The second-order valence-electron chi connectivity index (χ2n) is 4.20. The molecule has 4 nitrogen and oxygen atoms in total. The highest BCUT2D eigenvalue weighted by Gasteiger charge is 2.25. The maximum absolute atomic E-state index is 11.5. The highest BCUT2D eigenvalue weighted by atomic mass is 16.3. The number of rotatable bonds is 2. The van der Waals surface area contributed by atoms with E-state index in [9.17, 15) is 15.0 Å².